The van der Waals surface area contributed by atoms with Gasteiger partial charge in [-0.25, -0.2) is 4.79 Å². The van der Waals surface area contributed by atoms with Gasteiger partial charge in [0.2, 0.25) is 0 Å². The van der Waals surface area contributed by atoms with Crippen molar-refractivity contribution in [2.45, 2.75) is 52.0 Å². The van der Waals surface area contributed by atoms with Gasteiger partial charge in [-0.1, -0.05) is 24.6 Å². The Kier molecular flexibility index (Phi) is 9.07. The molecule has 1 aromatic heterocycles. The largest absolute Gasteiger partial charge is 0.449 e. The van der Waals surface area contributed by atoms with Gasteiger partial charge in [0.15, 0.2) is 0 Å². The van der Waals surface area contributed by atoms with Crippen molar-refractivity contribution in [1.82, 2.24) is 14.8 Å². The summed E-state index contributed by atoms with van der Waals surface area (Å²) in [5, 5.41) is 1.65. The van der Waals surface area contributed by atoms with Crippen LogP contribution in [0.25, 0.3) is 10.9 Å². The number of piperazine rings is 1. The Labute approximate surface area is 213 Å². The first-order valence-corrected chi connectivity index (χ1v) is 12.3. The number of amides is 2. The summed E-state index contributed by atoms with van der Waals surface area (Å²) in [4.78, 5) is 33.9. The average molecular weight is 507 g/mol. The average Bonchev–Trinajstić information content (AvgIpc) is 2.82. The van der Waals surface area contributed by atoms with Crippen LogP contribution in [0, 0.1) is 5.92 Å². The predicted octanol–water partition coefficient (Wildman–Crippen LogP) is 4.15. The zero-order valence-corrected chi connectivity index (χ0v) is 21.7. The number of rotatable bonds is 5. The normalized spacial score (nSPS) is 20.0. The molecule has 7 nitrogen and oxygen atoms in total. The molecule has 2 amide bonds. The van der Waals surface area contributed by atoms with E-state index in [0.717, 1.165) is 59.3 Å². The summed E-state index contributed by atoms with van der Waals surface area (Å²) in [5.74, 6) is 0.483. The van der Waals surface area contributed by atoms with E-state index in [1.807, 2.05) is 36.9 Å². The monoisotopic (exact) mass is 506 g/mol. The molecule has 2 N–H and O–H groups in total. The van der Waals surface area contributed by atoms with Gasteiger partial charge in [-0.15, -0.1) is 0 Å². The predicted molar refractivity (Wildman–Crippen MR) is 140 cm³/mol. The van der Waals surface area contributed by atoms with Gasteiger partial charge < -0.3 is 20.3 Å². The maximum atomic E-state index is 13.3. The first-order chi connectivity index (χ1) is 15.9. The third-order valence-electron chi connectivity index (χ3n) is 6.79. The molecule has 186 valence electrons. The number of aromatic nitrogens is 1. The Balaban J connectivity index is 0.00000324. The number of nitrogens with two attached hydrogens (primary N) is 1. The van der Waals surface area contributed by atoms with E-state index >= 15 is 0 Å². The van der Waals surface area contributed by atoms with E-state index in [1.165, 1.54) is 0 Å². The van der Waals surface area contributed by atoms with E-state index in [2.05, 4.69) is 0 Å². The summed E-state index contributed by atoms with van der Waals surface area (Å²) < 4.78 is 5.24. The van der Waals surface area contributed by atoms with Crippen LogP contribution in [0.4, 0.5) is 4.79 Å². The van der Waals surface area contributed by atoms with Crippen molar-refractivity contribution in [1.29, 1.82) is 0 Å². The smallest absolute Gasteiger partial charge is 0.409 e. The summed E-state index contributed by atoms with van der Waals surface area (Å²) >= 11 is 6.76. The molecule has 1 unspecified atom stereocenters. The number of carbonyl (C=O) groups is 2. The van der Waals surface area contributed by atoms with Crippen LogP contribution in [0.2, 0.25) is 5.02 Å². The van der Waals surface area contributed by atoms with E-state index in [1.54, 1.807) is 4.90 Å². The molecule has 0 radical (unpaired) electrons. The maximum absolute atomic E-state index is 13.3. The van der Waals surface area contributed by atoms with Gasteiger partial charge in [0.1, 0.15) is 0 Å². The van der Waals surface area contributed by atoms with Crippen molar-refractivity contribution in [3.05, 3.63) is 40.0 Å². The second-order valence-corrected chi connectivity index (χ2v) is 9.56. The molecule has 2 heterocycles. The fourth-order valence-corrected chi connectivity index (χ4v) is 5.31. The summed E-state index contributed by atoms with van der Waals surface area (Å²) in [6.07, 6.45) is 4.36. The van der Waals surface area contributed by atoms with Crippen LogP contribution in [0.15, 0.2) is 18.2 Å². The van der Waals surface area contributed by atoms with Gasteiger partial charge in [-0.05, 0) is 69.2 Å². The van der Waals surface area contributed by atoms with Crippen molar-refractivity contribution in [2.75, 3.05) is 32.8 Å². The molecule has 9 heteroatoms. The fourth-order valence-electron chi connectivity index (χ4n) is 4.95. The maximum Gasteiger partial charge on any atom is 0.409 e. The van der Waals surface area contributed by atoms with Gasteiger partial charge in [-0.2, -0.15) is 13.5 Å². The number of ether oxygens (including phenoxy) is 1. The van der Waals surface area contributed by atoms with Gasteiger partial charge in [0.25, 0.3) is 5.91 Å². The number of benzene rings is 1. The van der Waals surface area contributed by atoms with E-state index in [-0.39, 0.29) is 31.5 Å². The van der Waals surface area contributed by atoms with E-state index in [9.17, 15) is 9.59 Å². The standard InChI is InChI=1S/C25H33ClN4O3.H2S/c1-3-12-33-25(32)29-10-11-30(16(2)15-29)24(31)18-5-7-20-22(14-18)28-21-13-17(8-9-27)4-6-19(21)23(20)26;/h5,7,14,16-17H,3-4,6,8-13,15,27H2,1-2H3;1H2/t16-,17?;/m0./s1. The second kappa shape index (κ2) is 11.6. The summed E-state index contributed by atoms with van der Waals surface area (Å²) in [7, 11) is 0. The number of carbonyl (C=O) groups excluding carboxylic acids is 2. The topological polar surface area (TPSA) is 88.8 Å². The molecule has 1 fully saturated rings. The van der Waals surface area contributed by atoms with E-state index < -0.39 is 0 Å². The molecule has 2 atom stereocenters. The minimum absolute atomic E-state index is 0. The molecule has 1 aliphatic carbocycles. The Hall–Kier alpha value is -2.03. The fraction of sp³-hybridized carbons (Fsp3) is 0.560. The number of hydrogen-bond donors (Lipinski definition) is 1. The molecule has 2 aromatic rings. The van der Waals surface area contributed by atoms with Crippen LogP contribution in [0.5, 0.6) is 0 Å². The molecular formula is C25H35ClN4O3S. The first kappa shape index (κ1) is 26.6. The van der Waals surface area contributed by atoms with Crippen LogP contribution in [0.3, 0.4) is 0 Å². The minimum Gasteiger partial charge on any atom is -0.449 e. The number of nitrogens with zero attached hydrogens (tertiary/aromatic N) is 3. The van der Waals surface area contributed by atoms with Gasteiger partial charge in [0.05, 0.1) is 17.1 Å². The highest BCUT2D eigenvalue weighted by Gasteiger charge is 2.31. The second-order valence-electron chi connectivity index (χ2n) is 9.18. The Morgan fingerprint density at radius 2 is 2.09 bits per heavy atom. The highest BCUT2D eigenvalue weighted by Crippen LogP contribution is 2.35. The van der Waals surface area contributed by atoms with E-state index in [0.29, 0.717) is 44.3 Å². The molecule has 0 bridgehead atoms. The number of pyridine rings is 1. The summed E-state index contributed by atoms with van der Waals surface area (Å²) in [5.41, 5.74) is 9.28. The number of hydrogen-bond acceptors (Lipinski definition) is 5. The van der Waals surface area contributed by atoms with Crippen LogP contribution >= 0.6 is 25.1 Å². The Morgan fingerprint density at radius 3 is 2.79 bits per heavy atom. The van der Waals surface area contributed by atoms with Gasteiger partial charge in [0, 0.05) is 42.3 Å². The molecule has 0 saturated carbocycles. The zero-order chi connectivity index (χ0) is 23.5. The lowest BCUT2D eigenvalue weighted by atomic mass is 9.84. The van der Waals surface area contributed by atoms with Crippen LogP contribution in [-0.2, 0) is 17.6 Å². The summed E-state index contributed by atoms with van der Waals surface area (Å²) in [6, 6.07) is 5.49. The quantitative estimate of drug-likeness (QED) is 0.658. The van der Waals surface area contributed by atoms with Crippen LogP contribution in [-0.4, -0.2) is 65.6 Å². The van der Waals surface area contributed by atoms with E-state index in [4.69, 9.17) is 27.1 Å². The lowest BCUT2D eigenvalue weighted by Gasteiger charge is -2.39. The molecule has 1 saturated heterocycles. The zero-order valence-electron chi connectivity index (χ0n) is 20.0. The van der Waals surface area contributed by atoms with Crippen molar-refractivity contribution in [3.63, 3.8) is 0 Å². The molecule has 34 heavy (non-hydrogen) atoms. The molecular weight excluding hydrogens is 472 g/mol. The molecule has 1 aromatic carbocycles. The number of halogens is 1. The lowest BCUT2D eigenvalue weighted by molar-refractivity contribution is 0.0414. The molecule has 4 rings (SSSR count). The van der Waals surface area contributed by atoms with Crippen molar-refractivity contribution in [3.8, 4) is 0 Å². The van der Waals surface area contributed by atoms with Crippen molar-refractivity contribution in [2.24, 2.45) is 11.7 Å². The van der Waals surface area contributed by atoms with Crippen molar-refractivity contribution < 1.29 is 14.3 Å². The van der Waals surface area contributed by atoms with Gasteiger partial charge in [-0.3, -0.25) is 9.78 Å². The summed E-state index contributed by atoms with van der Waals surface area (Å²) in [6.45, 7) is 6.41. The lowest BCUT2D eigenvalue weighted by Crippen LogP contribution is -2.55. The highest BCUT2D eigenvalue weighted by atomic mass is 35.5. The first-order valence-electron chi connectivity index (χ1n) is 12.0. The highest BCUT2D eigenvalue weighted by molar-refractivity contribution is 7.59. The SMILES string of the molecule is CCCOC(=O)N1CCN(C(=O)c2ccc3c(Cl)c4c(nc3c2)CC(CCN)CC4)[C@@H](C)C1.S. The van der Waals surface area contributed by atoms with Crippen LogP contribution in [0.1, 0.15) is 54.7 Å². The van der Waals surface area contributed by atoms with Crippen molar-refractivity contribution >= 4 is 48.0 Å². The Bertz CT molecular complexity index is 1050. The molecule has 1 aliphatic heterocycles. The third-order valence-corrected chi connectivity index (χ3v) is 7.22. The molecule has 2 aliphatic rings. The number of fused-ring (bicyclic) bond motifs is 2. The Morgan fingerprint density at radius 1 is 1.29 bits per heavy atom. The third kappa shape index (κ3) is 5.44. The van der Waals surface area contributed by atoms with Gasteiger partial charge >= 0.3 is 6.09 Å². The van der Waals surface area contributed by atoms with Crippen LogP contribution < -0.4 is 5.73 Å². The minimum atomic E-state index is -0.307. The molecule has 0 spiro atoms.